The third-order valence-electron chi connectivity index (χ3n) is 4.78. The zero-order chi connectivity index (χ0) is 18.1. The molecule has 0 N–H and O–H groups in total. The summed E-state index contributed by atoms with van der Waals surface area (Å²) in [6.07, 6.45) is 0. The largest absolute Gasteiger partial charge is 0.316 e. The van der Waals surface area contributed by atoms with Crippen molar-refractivity contribution in [2.24, 2.45) is 14.1 Å². The fraction of sp³-hybridized carbons (Fsp3) is 0.500. The Balaban J connectivity index is 0.000000231. The van der Waals surface area contributed by atoms with Crippen molar-refractivity contribution in [2.75, 3.05) is 0 Å². The van der Waals surface area contributed by atoms with Crippen LogP contribution in [0.5, 0.6) is 0 Å². The Kier molecular flexibility index (Phi) is 5.70. The molecule has 0 aliphatic heterocycles. The molecule has 0 radical (unpaired) electrons. The zero-order valence-corrected chi connectivity index (χ0v) is 15.7. The highest BCUT2D eigenvalue weighted by Crippen LogP contribution is 2.11. The molecule has 5 nitrogen and oxygen atoms in total. The first-order valence-corrected chi connectivity index (χ1v) is 7.64. The van der Waals surface area contributed by atoms with Crippen molar-refractivity contribution >= 4 is 0 Å². The van der Waals surface area contributed by atoms with Crippen LogP contribution < -0.4 is 11.1 Å². The molecule has 0 aliphatic carbocycles. The fourth-order valence-electron chi connectivity index (χ4n) is 2.32. The van der Waals surface area contributed by atoms with E-state index in [4.69, 9.17) is 0 Å². The molecule has 5 heteroatoms. The van der Waals surface area contributed by atoms with Crippen LogP contribution in [0.3, 0.4) is 0 Å². The lowest BCUT2D eigenvalue weighted by atomic mass is 10.0. The Labute approximate surface area is 137 Å². The van der Waals surface area contributed by atoms with E-state index in [0.29, 0.717) is 0 Å². The molecule has 2 aromatic rings. The number of nitrogens with zero attached hydrogens (tertiary/aromatic N) is 3. The molecule has 0 atom stereocenters. The maximum atomic E-state index is 11.5. The summed E-state index contributed by atoms with van der Waals surface area (Å²) in [5, 5.41) is 0. The van der Waals surface area contributed by atoms with Gasteiger partial charge in [0.25, 0.3) is 11.1 Å². The predicted octanol–water partition coefficient (Wildman–Crippen LogP) is 2.32. The summed E-state index contributed by atoms with van der Waals surface area (Å²) in [5.41, 5.74) is 5.99. The number of aromatic nitrogens is 3. The van der Waals surface area contributed by atoms with Crippen molar-refractivity contribution in [3.8, 4) is 0 Å². The van der Waals surface area contributed by atoms with Gasteiger partial charge in [0.2, 0.25) is 0 Å². The number of rotatable bonds is 0. The van der Waals surface area contributed by atoms with Crippen molar-refractivity contribution in [1.29, 1.82) is 0 Å². The van der Waals surface area contributed by atoms with Gasteiger partial charge in [-0.25, -0.2) is 4.98 Å². The third-order valence-corrected chi connectivity index (χ3v) is 4.78. The van der Waals surface area contributed by atoms with Crippen LogP contribution in [0.4, 0.5) is 0 Å². The van der Waals surface area contributed by atoms with Gasteiger partial charge >= 0.3 is 0 Å². The lowest BCUT2D eigenvalue weighted by Crippen LogP contribution is -2.23. The second-order valence-corrected chi connectivity index (χ2v) is 6.06. The lowest BCUT2D eigenvalue weighted by molar-refractivity contribution is 0.753. The fourth-order valence-corrected chi connectivity index (χ4v) is 2.32. The van der Waals surface area contributed by atoms with Crippen molar-refractivity contribution in [3.63, 3.8) is 0 Å². The Morgan fingerprint density at radius 2 is 1.13 bits per heavy atom. The van der Waals surface area contributed by atoms with Crippen LogP contribution >= 0.6 is 0 Å². The van der Waals surface area contributed by atoms with Crippen LogP contribution in [0.2, 0.25) is 0 Å². The molecule has 2 aromatic heterocycles. The minimum Gasteiger partial charge on any atom is -0.316 e. The van der Waals surface area contributed by atoms with Gasteiger partial charge in [0.15, 0.2) is 0 Å². The van der Waals surface area contributed by atoms with Crippen LogP contribution in [0.25, 0.3) is 0 Å². The molecule has 0 saturated carbocycles. The maximum absolute atomic E-state index is 11.5. The summed E-state index contributed by atoms with van der Waals surface area (Å²) in [6, 6.07) is 0. The lowest BCUT2D eigenvalue weighted by Gasteiger charge is -2.11. The van der Waals surface area contributed by atoms with Gasteiger partial charge in [-0.15, -0.1) is 0 Å². The monoisotopic (exact) mass is 317 g/mol. The Morgan fingerprint density at radius 1 is 0.652 bits per heavy atom. The predicted molar refractivity (Wildman–Crippen MR) is 94.3 cm³/mol. The zero-order valence-electron chi connectivity index (χ0n) is 15.7. The van der Waals surface area contributed by atoms with Gasteiger partial charge in [-0.3, -0.25) is 14.2 Å². The highest BCUT2D eigenvalue weighted by Gasteiger charge is 2.07. The molecular formula is C18H27N3O2. The van der Waals surface area contributed by atoms with Gasteiger partial charge in [0.05, 0.1) is 0 Å². The molecule has 0 spiro atoms. The van der Waals surface area contributed by atoms with Gasteiger partial charge in [-0.1, -0.05) is 0 Å². The third kappa shape index (κ3) is 3.60. The summed E-state index contributed by atoms with van der Waals surface area (Å²) in [6.45, 7) is 13.4. The van der Waals surface area contributed by atoms with Crippen molar-refractivity contribution in [3.05, 3.63) is 60.2 Å². The normalized spacial score (nSPS) is 10.3. The van der Waals surface area contributed by atoms with Crippen LogP contribution in [-0.2, 0) is 14.1 Å². The Bertz CT molecular complexity index is 797. The summed E-state index contributed by atoms with van der Waals surface area (Å²) >= 11 is 0. The first kappa shape index (κ1) is 18.9. The minimum absolute atomic E-state index is 0.0509. The number of aryl methyl sites for hydroxylation is 2. The van der Waals surface area contributed by atoms with E-state index < -0.39 is 0 Å². The van der Waals surface area contributed by atoms with Crippen molar-refractivity contribution < 1.29 is 0 Å². The quantitative estimate of drug-likeness (QED) is 0.749. The van der Waals surface area contributed by atoms with E-state index in [9.17, 15) is 9.59 Å². The van der Waals surface area contributed by atoms with E-state index in [-0.39, 0.29) is 11.1 Å². The second kappa shape index (κ2) is 6.94. The smallest absolute Gasteiger partial charge is 0.256 e. The molecule has 0 bridgehead atoms. The topological polar surface area (TPSA) is 56.9 Å². The van der Waals surface area contributed by atoms with E-state index in [1.54, 1.807) is 23.1 Å². The highest BCUT2D eigenvalue weighted by molar-refractivity contribution is 5.33. The van der Waals surface area contributed by atoms with Gasteiger partial charge < -0.3 is 4.57 Å². The average molecular weight is 317 g/mol. The number of hydrogen-bond acceptors (Lipinski definition) is 3. The van der Waals surface area contributed by atoms with Gasteiger partial charge in [-0.2, -0.15) is 0 Å². The van der Waals surface area contributed by atoms with E-state index >= 15 is 0 Å². The molecule has 0 aromatic carbocycles. The Morgan fingerprint density at radius 3 is 1.65 bits per heavy atom. The SMILES string of the molecule is Cc1c(C)c(C)n(C)c(=O)c1C.Cc1nc(C)n(C)c(=O)c1C. The molecular weight excluding hydrogens is 290 g/mol. The van der Waals surface area contributed by atoms with Crippen LogP contribution in [0.1, 0.15) is 39.5 Å². The summed E-state index contributed by atoms with van der Waals surface area (Å²) in [7, 11) is 3.55. The molecule has 126 valence electrons. The maximum Gasteiger partial charge on any atom is 0.256 e. The van der Waals surface area contributed by atoms with Gasteiger partial charge in [0, 0.05) is 36.6 Å². The molecule has 0 aliphatic rings. The number of hydrogen-bond donors (Lipinski definition) is 0. The van der Waals surface area contributed by atoms with Crippen LogP contribution in [0, 0.1) is 48.5 Å². The first-order chi connectivity index (χ1) is 10.5. The van der Waals surface area contributed by atoms with E-state index in [1.165, 1.54) is 5.56 Å². The standard InChI is InChI=1S/C10H15NO.C8H12N2O/c1-6-7(2)9(4)11(5)10(12)8(6)3;1-5-6(2)9-7(3)10(4)8(5)11/h1-5H3;1-4H3. The van der Waals surface area contributed by atoms with E-state index in [2.05, 4.69) is 11.9 Å². The second-order valence-electron chi connectivity index (χ2n) is 6.06. The number of pyridine rings is 1. The molecule has 0 saturated heterocycles. The Hall–Kier alpha value is -2.17. The van der Waals surface area contributed by atoms with Crippen LogP contribution in [0.15, 0.2) is 9.59 Å². The molecule has 0 fully saturated rings. The summed E-state index contributed by atoms with van der Waals surface area (Å²) < 4.78 is 3.26. The molecule has 0 amide bonds. The van der Waals surface area contributed by atoms with E-state index in [1.807, 2.05) is 41.7 Å². The average Bonchev–Trinajstić information content (AvgIpc) is 2.53. The van der Waals surface area contributed by atoms with Gasteiger partial charge in [0.1, 0.15) is 5.82 Å². The van der Waals surface area contributed by atoms with Gasteiger partial charge in [-0.05, 0) is 59.6 Å². The van der Waals surface area contributed by atoms with Crippen molar-refractivity contribution in [2.45, 2.75) is 48.5 Å². The first-order valence-electron chi connectivity index (χ1n) is 7.64. The highest BCUT2D eigenvalue weighted by atomic mass is 16.1. The van der Waals surface area contributed by atoms with Crippen LogP contribution in [-0.4, -0.2) is 14.1 Å². The van der Waals surface area contributed by atoms with Crippen molar-refractivity contribution in [1.82, 2.24) is 14.1 Å². The van der Waals surface area contributed by atoms with E-state index in [0.717, 1.165) is 33.9 Å². The molecule has 0 unspecified atom stereocenters. The minimum atomic E-state index is 0.0509. The molecule has 23 heavy (non-hydrogen) atoms. The summed E-state index contributed by atoms with van der Waals surface area (Å²) in [5.74, 6) is 0.762. The molecule has 2 rings (SSSR count). The molecule has 2 heterocycles. The summed E-state index contributed by atoms with van der Waals surface area (Å²) in [4.78, 5) is 27.1.